The molecule has 1 heterocycles. The first-order valence-corrected chi connectivity index (χ1v) is 7.18. The van der Waals surface area contributed by atoms with Crippen molar-refractivity contribution < 1.29 is 9.84 Å². The first kappa shape index (κ1) is 15.5. The SMILES string of the molecule is CC(O)c1cn(CCOc2ccc(C(C)(C)C)cc2)nn1. The fraction of sp³-hybridized carbons (Fsp3) is 0.500. The summed E-state index contributed by atoms with van der Waals surface area (Å²) in [6.45, 7) is 9.34. The predicted molar refractivity (Wildman–Crippen MR) is 81.3 cm³/mol. The highest BCUT2D eigenvalue weighted by molar-refractivity contribution is 5.31. The van der Waals surface area contributed by atoms with Crippen LogP contribution in [0.25, 0.3) is 0 Å². The minimum absolute atomic E-state index is 0.149. The highest BCUT2D eigenvalue weighted by Crippen LogP contribution is 2.24. The van der Waals surface area contributed by atoms with Crippen LogP contribution in [0.1, 0.15) is 45.1 Å². The Bertz CT molecular complexity index is 568. The summed E-state index contributed by atoms with van der Waals surface area (Å²) in [7, 11) is 0. The average molecular weight is 289 g/mol. The van der Waals surface area contributed by atoms with Gasteiger partial charge in [-0.1, -0.05) is 38.1 Å². The molecule has 5 nitrogen and oxygen atoms in total. The molecule has 1 unspecified atom stereocenters. The zero-order chi connectivity index (χ0) is 15.5. The van der Waals surface area contributed by atoms with Gasteiger partial charge >= 0.3 is 0 Å². The van der Waals surface area contributed by atoms with Crippen LogP contribution in [-0.2, 0) is 12.0 Å². The van der Waals surface area contributed by atoms with E-state index in [9.17, 15) is 5.11 Å². The lowest BCUT2D eigenvalue weighted by Gasteiger charge is -2.19. The van der Waals surface area contributed by atoms with Gasteiger partial charge in [0.15, 0.2) is 0 Å². The summed E-state index contributed by atoms with van der Waals surface area (Å²) in [5.41, 5.74) is 2.01. The van der Waals surface area contributed by atoms with Crippen molar-refractivity contribution in [3.05, 3.63) is 41.7 Å². The van der Waals surface area contributed by atoms with Gasteiger partial charge in [-0.25, -0.2) is 4.68 Å². The van der Waals surface area contributed by atoms with Crippen LogP contribution >= 0.6 is 0 Å². The topological polar surface area (TPSA) is 60.2 Å². The van der Waals surface area contributed by atoms with Crippen LogP contribution in [0.15, 0.2) is 30.5 Å². The number of benzene rings is 1. The lowest BCUT2D eigenvalue weighted by Crippen LogP contribution is -2.11. The molecule has 0 aliphatic rings. The van der Waals surface area contributed by atoms with Gasteiger partial charge in [-0.3, -0.25) is 0 Å². The average Bonchev–Trinajstić information content (AvgIpc) is 2.87. The maximum atomic E-state index is 9.39. The third-order valence-electron chi connectivity index (χ3n) is 3.29. The third kappa shape index (κ3) is 4.29. The van der Waals surface area contributed by atoms with E-state index < -0.39 is 6.10 Å². The maximum Gasteiger partial charge on any atom is 0.119 e. The van der Waals surface area contributed by atoms with E-state index in [2.05, 4.69) is 43.2 Å². The number of aliphatic hydroxyl groups is 1. The van der Waals surface area contributed by atoms with Crippen LogP contribution in [-0.4, -0.2) is 26.7 Å². The van der Waals surface area contributed by atoms with Crippen LogP contribution in [0, 0.1) is 0 Å². The van der Waals surface area contributed by atoms with Gasteiger partial charge in [-0.2, -0.15) is 0 Å². The highest BCUT2D eigenvalue weighted by Gasteiger charge is 2.13. The number of rotatable bonds is 5. The smallest absolute Gasteiger partial charge is 0.119 e. The molecule has 1 atom stereocenters. The number of nitrogens with zero attached hydrogens (tertiary/aromatic N) is 3. The molecule has 0 aliphatic carbocycles. The summed E-state index contributed by atoms with van der Waals surface area (Å²) in [6.07, 6.45) is 1.14. The normalized spacial score (nSPS) is 13.2. The molecule has 1 N–H and O–H groups in total. The molecule has 0 bridgehead atoms. The van der Waals surface area contributed by atoms with E-state index >= 15 is 0 Å². The van der Waals surface area contributed by atoms with Crippen molar-refractivity contribution in [1.29, 1.82) is 0 Å². The van der Waals surface area contributed by atoms with Crippen molar-refractivity contribution in [3.63, 3.8) is 0 Å². The Morgan fingerprint density at radius 2 is 1.90 bits per heavy atom. The summed E-state index contributed by atoms with van der Waals surface area (Å²) >= 11 is 0. The first-order valence-electron chi connectivity index (χ1n) is 7.18. The van der Waals surface area contributed by atoms with E-state index in [4.69, 9.17) is 4.74 Å². The minimum Gasteiger partial charge on any atom is -0.492 e. The highest BCUT2D eigenvalue weighted by atomic mass is 16.5. The van der Waals surface area contributed by atoms with E-state index in [0.29, 0.717) is 18.8 Å². The van der Waals surface area contributed by atoms with Gasteiger partial charge in [0.05, 0.1) is 18.8 Å². The summed E-state index contributed by atoms with van der Waals surface area (Å²) < 4.78 is 7.37. The Morgan fingerprint density at radius 1 is 1.24 bits per heavy atom. The molecule has 0 saturated carbocycles. The van der Waals surface area contributed by atoms with E-state index in [1.165, 1.54) is 5.56 Å². The van der Waals surface area contributed by atoms with Crippen molar-refractivity contribution in [1.82, 2.24) is 15.0 Å². The molecule has 5 heteroatoms. The van der Waals surface area contributed by atoms with E-state index in [1.807, 2.05) is 12.1 Å². The zero-order valence-electron chi connectivity index (χ0n) is 13.1. The molecule has 2 aromatic rings. The van der Waals surface area contributed by atoms with Crippen molar-refractivity contribution in [2.75, 3.05) is 6.61 Å². The van der Waals surface area contributed by atoms with E-state index in [-0.39, 0.29) is 5.41 Å². The number of hydrogen-bond acceptors (Lipinski definition) is 4. The van der Waals surface area contributed by atoms with Crippen molar-refractivity contribution in [2.45, 2.75) is 45.8 Å². The molecule has 0 spiro atoms. The molecule has 1 aromatic carbocycles. The predicted octanol–water partition coefficient (Wildman–Crippen LogP) is 2.71. The molecule has 21 heavy (non-hydrogen) atoms. The van der Waals surface area contributed by atoms with Crippen LogP contribution < -0.4 is 4.74 Å². The molecule has 0 radical (unpaired) electrons. The van der Waals surface area contributed by atoms with Crippen LogP contribution in [0.3, 0.4) is 0 Å². The largest absolute Gasteiger partial charge is 0.492 e. The maximum absolute atomic E-state index is 9.39. The third-order valence-corrected chi connectivity index (χ3v) is 3.29. The van der Waals surface area contributed by atoms with Crippen LogP contribution in [0.2, 0.25) is 0 Å². The van der Waals surface area contributed by atoms with E-state index in [0.717, 1.165) is 5.75 Å². The summed E-state index contributed by atoms with van der Waals surface area (Å²) in [5.74, 6) is 0.846. The number of aliphatic hydroxyl groups excluding tert-OH is 1. The van der Waals surface area contributed by atoms with E-state index in [1.54, 1.807) is 17.8 Å². The summed E-state index contributed by atoms with van der Waals surface area (Å²) in [6, 6.07) is 8.17. The number of hydrogen-bond donors (Lipinski definition) is 1. The molecule has 2 rings (SSSR count). The molecule has 0 fully saturated rings. The molecular weight excluding hydrogens is 266 g/mol. The first-order chi connectivity index (χ1) is 9.86. The van der Waals surface area contributed by atoms with Crippen molar-refractivity contribution >= 4 is 0 Å². The Balaban J connectivity index is 1.85. The van der Waals surface area contributed by atoms with Crippen LogP contribution in [0.4, 0.5) is 0 Å². The Kier molecular flexibility index (Phi) is 4.63. The number of aromatic nitrogens is 3. The Morgan fingerprint density at radius 3 is 2.43 bits per heavy atom. The lowest BCUT2D eigenvalue weighted by atomic mass is 9.87. The lowest BCUT2D eigenvalue weighted by molar-refractivity contribution is 0.194. The van der Waals surface area contributed by atoms with Crippen molar-refractivity contribution in [3.8, 4) is 5.75 Å². The zero-order valence-corrected chi connectivity index (χ0v) is 13.1. The van der Waals surface area contributed by atoms with Gasteiger partial charge in [0, 0.05) is 0 Å². The molecule has 0 aliphatic heterocycles. The molecule has 0 saturated heterocycles. The quantitative estimate of drug-likeness (QED) is 0.919. The molecular formula is C16H23N3O2. The Hall–Kier alpha value is -1.88. The van der Waals surface area contributed by atoms with Gasteiger partial charge in [0.1, 0.15) is 18.1 Å². The van der Waals surface area contributed by atoms with Crippen molar-refractivity contribution in [2.24, 2.45) is 0 Å². The second kappa shape index (κ2) is 6.26. The number of ether oxygens (including phenoxy) is 1. The van der Waals surface area contributed by atoms with Gasteiger partial charge in [0.25, 0.3) is 0 Å². The second-order valence-electron chi connectivity index (χ2n) is 6.21. The second-order valence-corrected chi connectivity index (χ2v) is 6.21. The van der Waals surface area contributed by atoms with Gasteiger partial charge in [0.2, 0.25) is 0 Å². The Labute approximate surface area is 125 Å². The standard InChI is InChI=1S/C16H23N3O2/c1-12(20)15-11-19(18-17-15)9-10-21-14-7-5-13(6-8-14)16(2,3)4/h5-8,11-12,20H,9-10H2,1-4H3. The molecule has 0 amide bonds. The van der Waals surface area contributed by atoms with Gasteiger partial charge in [-0.05, 0) is 30.0 Å². The fourth-order valence-electron chi connectivity index (χ4n) is 1.92. The van der Waals surface area contributed by atoms with Crippen LogP contribution in [0.5, 0.6) is 5.75 Å². The molecule has 1 aromatic heterocycles. The fourth-order valence-corrected chi connectivity index (χ4v) is 1.92. The van der Waals surface area contributed by atoms with Gasteiger partial charge < -0.3 is 9.84 Å². The summed E-state index contributed by atoms with van der Waals surface area (Å²) in [5, 5.41) is 17.2. The minimum atomic E-state index is -0.593. The summed E-state index contributed by atoms with van der Waals surface area (Å²) in [4.78, 5) is 0. The van der Waals surface area contributed by atoms with Gasteiger partial charge in [-0.15, -0.1) is 5.10 Å². The monoisotopic (exact) mass is 289 g/mol. The molecule has 114 valence electrons.